The number of ketones is 1. The number of carboxylic acids is 1. The first-order chi connectivity index (χ1) is 19.6. The number of nitrogens with one attached hydrogen (secondary N) is 1. The highest BCUT2D eigenvalue weighted by molar-refractivity contribution is 6.30. The first-order valence-electron chi connectivity index (χ1n) is 13.1. The van der Waals surface area contributed by atoms with Gasteiger partial charge in [-0.25, -0.2) is 14.0 Å². The normalized spacial score (nSPS) is 21.9. The van der Waals surface area contributed by atoms with Crippen LogP contribution in [-0.4, -0.2) is 33.3 Å². The summed E-state index contributed by atoms with van der Waals surface area (Å²) in [5.74, 6) is -3.96. The molecule has 4 aromatic rings. The summed E-state index contributed by atoms with van der Waals surface area (Å²) in [5.41, 5.74) is 0.957. The number of aryl methyl sites for hydroxylation is 1. The van der Waals surface area contributed by atoms with E-state index in [1.165, 1.54) is 36.1 Å². The van der Waals surface area contributed by atoms with Crippen molar-refractivity contribution >= 4 is 35.1 Å². The Morgan fingerprint density at radius 2 is 1.44 bits per heavy atom. The minimum atomic E-state index is -1.87. The molecule has 1 heterocycles. The molecule has 1 fully saturated rings. The number of benzene rings is 4. The molecule has 0 radical (unpaired) electrons. The highest BCUT2D eigenvalue weighted by Crippen LogP contribution is 2.56. The molecule has 0 spiro atoms. The fourth-order valence-electron chi connectivity index (χ4n) is 5.83. The van der Waals surface area contributed by atoms with Crippen molar-refractivity contribution in [2.24, 2.45) is 5.92 Å². The van der Waals surface area contributed by atoms with Crippen LogP contribution in [0.4, 0.5) is 14.9 Å². The number of hydrogen-bond acceptors (Lipinski definition) is 3. The van der Waals surface area contributed by atoms with Crippen LogP contribution in [0.3, 0.4) is 0 Å². The Bertz CT molecular complexity index is 1580. The van der Waals surface area contributed by atoms with Gasteiger partial charge in [-0.3, -0.25) is 9.69 Å². The second-order valence-electron chi connectivity index (χ2n) is 10.4. The number of nitrogens with zero attached hydrogens (tertiary/aromatic N) is 1. The highest BCUT2D eigenvalue weighted by Gasteiger charge is 2.65. The van der Waals surface area contributed by atoms with Crippen LogP contribution < -0.4 is 5.32 Å². The van der Waals surface area contributed by atoms with Crippen molar-refractivity contribution < 1.29 is 23.9 Å². The summed E-state index contributed by atoms with van der Waals surface area (Å²) < 4.78 is 13.6. The van der Waals surface area contributed by atoms with Crippen molar-refractivity contribution in [3.05, 3.63) is 136 Å². The molecule has 6 nitrogen and oxygen atoms in total. The topological polar surface area (TPSA) is 86.7 Å². The third-order valence-corrected chi connectivity index (χ3v) is 8.09. The van der Waals surface area contributed by atoms with Crippen molar-refractivity contribution in [1.82, 2.24) is 4.90 Å². The van der Waals surface area contributed by atoms with Gasteiger partial charge in [0.25, 0.3) is 0 Å². The minimum absolute atomic E-state index is 0.285. The van der Waals surface area contributed by atoms with Gasteiger partial charge in [0, 0.05) is 22.2 Å². The van der Waals surface area contributed by atoms with Gasteiger partial charge in [-0.1, -0.05) is 83.9 Å². The lowest BCUT2D eigenvalue weighted by atomic mass is 9.71. The van der Waals surface area contributed by atoms with Crippen LogP contribution in [0.15, 0.2) is 103 Å². The molecule has 8 heteroatoms. The maximum absolute atomic E-state index is 14.4. The zero-order valence-corrected chi connectivity index (χ0v) is 23.2. The number of halogens is 2. The molecule has 41 heavy (non-hydrogen) atoms. The Morgan fingerprint density at radius 1 is 0.854 bits per heavy atom. The van der Waals surface area contributed by atoms with Crippen molar-refractivity contribution in [2.75, 3.05) is 5.32 Å². The number of urea groups is 1. The minimum Gasteiger partial charge on any atom is -0.479 e. The van der Waals surface area contributed by atoms with Gasteiger partial charge in [-0.05, 0) is 61.4 Å². The Hall–Kier alpha value is -4.49. The molecule has 5 rings (SSSR count). The summed E-state index contributed by atoms with van der Waals surface area (Å²) >= 11 is 6.18. The van der Waals surface area contributed by atoms with Crippen LogP contribution in [0.25, 0.3) is 0 Å². The van der Waals surface area contributed by atoms with Crippen LogP contribution in [0.2, 0.25) is 5.02 Å². The summed E-state index contributed by atoms with van der Waals surface area (Å²) in [4.78, 5) is 43.1. The van der Waals surface area contributed by atoms with E-state index in [-0.39, 0.29) is 11.5 Å². The molecule has 4 atom stereocenters. The Morgan fingerprint density at radius 3 is 2.02 bits per heavy atom. The van der Waals surface area contributed by atoms with Gasteiger partial charge < -0.3 is 10.4 Å². The molecule has 208 valence electrons. The summed E-state index contributed by atoms with van der Waals surface area (Å²) in [5, 5.41) is 14.0. The van der Waals surface area contributed by atoms with E-state index in [4.69, 9.17) is 11.6 Å². The van der Waals surface area contributed by atoms with Crippen LogP contribution >= 0.6 is 11.6 Å². The fraction of sp³-hybridized carbons (Fsp3) is 0.182. The lowest BCUT2D eigenvalue weighted by Gasteiger charge is -2.37. The van der Waals surface area contributed by atoms with E-state index in [1.54, 1.807) is 54.6 Å². The summed E-state index contributed by atoms with van der Waals surface area (Å²) in [6.45, 7) is 3.39. The molecule has 2 N–H and O–H groups in total. The van der Waals surface area contributed by atoms with Gasteiger partial charge in [0.15, 0.2) is 5.78 Å². The maximum Gasteiger partial charge on any atom is 0.330 e. The van der Waals surface area contributed by atoms with Crippen molar-refractivity contribution in [1.29, 1.82) is 0 Å². The third kappa shape index (κ3) is 5.21. The molecule has 4 unspecified atom stereocenters. The molecular weight excluding hydrogens is 543 g/mol. The largest absolute Gasteiger partial charge is 0.479 e. The van der Waals surface area contributed by atoms with Crippen LogP contribution in [0, 0.1) is 18.7 Å². The lowest BCUT2D eigenvalue weighted by Crippen LogP contribution is -2.55. The smallest absolute Gasteiger partial charge is 0.330 e. The van der Waals surface area contributed by atoms with Gasteiger partial charge in [0.1, 0.15) is 11.4 Å². The molecule has 0 aliphatic carbocycles. The van der Waals surface area contributed by atoms with E-state index in [0.29, 0.717) is 21.7 Å². The number of rotatable bonds is 6. The third-order valence-electron chi connectivity index (χ3n) is 7.84. The monoisotopic (exact) mass is 570 g/mol. The number of anilines is 1. The Kier molecular flexibility index (Phi) is 7.65. The molecule has 1 saturated heterocycles. The number of likely N-dealkylation sites (tertiary alicyclic amines) is 1. The number of aliphatic carboxylic acids is 1. The van der Waals surface area contributed by atoms with Crippen LogP contribution in [-0.2, 0) is 4.79 Å². The van der Waals surface area contributed by atoms with Gasteiger partial charge in [-0.2, -0.15) is 0 Å². The second kappa shape index (κ2) is 11.2. The molecule has 1 aliphatic heterocycles. The molecule has 4 aromatic carbocycles. The Balaban J connectivity index is 1.76. The van der Waals surface area contributed by atoms with E-state index in [1.807, 2.05) is 31.2 Å². The average molecular weight is 571 g/mol. The van der Waals surface area contributed by atoms with E-state index in [9.17, 15) is 23.9 Å². The zero-order chi connectivity index (χ0) is 29.3. The average Bonchev–Trinajstić information content (AvgIpc) is 3.25. The van der Waals surface area contributed by atoms with Crippen LogP contribution in [0.5, 0.6) is 0 Å². The molecule has 1 aliphatic rings. The van der Waals surface area contributed by atoms with Crippen molar-refractivity contribution in [3.63, 3.8) is 0 Å². The van der Waals surface area contributed by atoms with E-state index >= 15 is 0 Å². The van der Waals surface area contributed by atoms with E-state index in [2.05, 4.69) is 5.32 Å². The maximum atomic E-state index is 14.4. The molecule has 0 saturated carbocycles. The quantitative estimate of drug-likeness (QED) is 0.235. The van der Waals surface area contributed by atoms with E-state index < -0.39 is 41.2 Å². The number of hydrogen-bond donors (Lipinski definition) is 2. The summed E-state index contributed by atoms with van der Waals surface area (Å²) in [6, 6.07) is 26.2. The fourth-order valence-corrected chi connectivity index (χ4v) is 5.96. The van der Waals surface area contributed by atoms with Gasteiger partial charge in [0.2, 0.25) is 0 Å². The number of amides is 2. The van der Waals surface area contributed by atoms with Gasteiger partial charge >= 0.3 is 12.0 Å². The lowest BCUT2D eigenvalue weighted by molar-refractivity contribution is -0.148. The first-order valence-corrected chi connectivity index (χ1v) is 13.5. The van der Waals surface area contributed by atoms with Gasteiger partial charge in [-0.15, -0.1) is 0 Å². The molecule has 2 amide bonds. The van der Waals surface area contributed by atoms with Gasteiger partial charge in [0.05, 0.1) is 12.0 Å². The zero-order valence-electron chi connectivity index (χ0n) is 22.4. The Labute approximate surface area is 242 Å². The predicted molar refractivity (Wildman–Crippen MR) is 156 cm³/mol. The highest BCUT2D eigenvalue weighted by atomic mass is 35.5. The predicted octanol–water partition coefficient (Wildman–Crippen LogP) is 7.50. The molecular formula is C33H28ClFN2O4. The number of Topliss-reactive ketones (excluding diaryl/α,β-unsaturated/α-hetero) is 1. The van der Waals surface area contributed by atoms with Crippen molar-refractivity contribution in [2.45, 2.75) is 31.3 Å². The number of carboxylic acid groups (broad SMARTS) is 1. The summed E-state index contributed by atoms with van der Waals surface area (Å²) in [6.07, 6.45) is 0. The van der Waals surface area contributed by atoms with E-state index in [0.717, 1.165) is 5.56 Å². The molecule has 0 aromatic heterocycles. The van der Waals surface area contributed by atoms with Crippen LogP contribution in [0.1, 0.15) is 45.9 Å². The van der Waals surface area contributed by atoms with Crippen molar-refractivity contribution in [3.8, 4) is 0 Å². The molecule has 0 bridgehead atoms. The standard InChI is InChI=1S/C33H28ClFN2O4/c1-20-8-10-22(11-9-20)29-27(30(38)23-6-4-3-5-7-23)28(21-12-14-24(34)15-13-21)33(2,31(39)40)37(29)32(41)36-26-18-16-25(35)17-19-26/h3-19,27-29H,1-2H3,(H,36,41)(H,39,40). The second-order valence-corrected chi connectivity index (χ2v) is 10.8. The number of carbonyl (C=O) groups excluding carboxylic acids is 2. The first kappa shape index (κ1) is 28.1. The number of carbonyl (C=O) groups is 3. The summed E-state index contributed by atoms with van der Waals surface area (Å²) in [7, 11) is 0. The SMILES string of the molecule is Cc1ccc(C2C(C(=O)c3ccccc3)C(c3ccc(Cl)cc3)C(C)(C(=O)O)N2C(=O)Nc2ccc(F)cc2)cc1.